The molecule has 2 heterocycles. The average molecular weight is 385 g/mol. The largest absolute Gasteiger partial charge is 0.487 e. The molecule has 7 heteroatoms. The van der Waals surface area contributed by atoms with Crippen LogP contribution >= 0.6 is 12.4 Å². The Morgan fingerprint density at radius 1 is 1.11 bits per heavy atom. The van der Waals surface area contributed by atoms with Gasteiger partial charge < -0.3 is 15.0 Å². The van der Waals surface area contributed by atoms with E-state index in [1.807, 2.05) is 48.5 Å². The standard InChI is InChI=1S/C20H20N4O2.ClH/c21-20(11-3-12-20)19-23-18(26-24-19)10-7-15-5-8-17(9-6-15)25-14-16-4-1-2-13-22-16;/h1-2,4-10,13H,3,11-12,14,21H2;1H/b10-7+;. The van der Waals surface area contributed by atoms with E-state index in [2.05, 4.69) is 15.1 Å². The van der Waals surface area contributed by atoms with Crippen molar-refractivity contribution >= 4 is 24.6 Å². The topological polar surface area (TPSA) is 87.1 Å². The molecule has 1 saturated carbocycles. The van der Waals surface area contributed by atoms with Crippen LogP contribution in [0.25, 0.3) is 12.2 Å². The summed E-state index contributed by atoms with van der Waals surface area (Å²) in [6.07, 6.45) is 8.41. The molecule has 0 amide bonds. The summed E-state index contributed by atoms with van der Waals surface area (Å²) in [5.41, 5.74) is 7.71. The van der Waals surface area contributed by atoms with Crippen molar-refractivity contribution in [2.45, 2.75) is 31.4 Å². The smallest absolute Gasteiger partial charge is 0.250 e. The van der Waals surface area contributed by atoms with Crippen molar-refractivity contribution in [2.75, 3.05) is 0 Å². The highest BCUT2D eigenvalue weighted by Gasteiger charge is 2.38. The van der Waals surface area contributed by atoms with Crippen LogP contribution in [0.5, 0.6) is 5.75 Å². The first-order valence-corrected chi connectivity index (χ1v) is 8.65. The summed E-state index contributed by atoms with van der Waals surface area (Å²) in [5, 5.41) is 4.00. The number of hydrogen-bond acceptors (Lipinski definition) is 6. The lowest BCUT2D eigenvalue weighted by Crippen LogP contribution is -2.44. The number of hydrogen-bond donors (Lipinski definition) is 1. The lowest BCUT2D eigenvalue weighted by Gasteiger charge is -2.34. The fraction of sp³-hybridized carbons (Fsp3) is 0.250. The van der Waals surface area contributed by atoms with Crippen LogP contribution in [-0.2, 0) is 12.1 Å². The van der Waals surface area contributed by atoms with Crippen LogP contribution in [-0.4, -0.2) is 15.1 Å². The molecule has 1 aliphatic carbocycles. The second-order valence-corrected chi connectivity index (χ2v) is 6.48. The summed E-state index contributed by atoms with van der Waals surface area (Å²) in [7, 11) is 0. The average Bonchev–Trinajstić information content (AvgIpc) is 3.14. The van der Waals surface area contributed by atoms with Gasteiger partial charge in [0.25, 0.3) is 5.89 Å². The third-order valence-electron chi connectivity index (χ3n) is 4.54. The molecule has 0 atom stereocenters. The molecule has 2 aromatic heterocycles. The van der Waals surface area contributed by atoms with Crippen LogP contribution in [0, 0.1) is 0 Å². The maximum absolute atomic E-state index is 6.20. The Morgan fingerprint density at radius 3 is 2.59 bits per heavy atom. The summed E-state index contributed by atoms with van der Waals surface area (Å²) < 4.78 is 11.0. The predicted molar refractivity (Wildman–Crippen MR) is 105 cm³/mol. The van der Waals surface area contributed by atoms with E-state index in [0.29, 0.717) is 18.3 Å². The van der Waals surface area contributed by atoms with Crippen molar-refractivity contribution in [1.82, 2.24) is 15.1 Å². The minimum atomic E-state index is -0.401. The number of pyridine rings is 1. The van der Waals surface area contributed by atoms with Crippen LogP contribution in [0.2, 0.25) is 0 Å². The van der Waals surface area contributed by atoms with Gasteiger partial charge in [0.2, 0.25) is 0 Å². The molecule has 4 rings (SSSR count). The number of rotatable bonds is 6. The van der Waals surface area contributed by atoms with Crippen LogP contribution in [0.4, 0.5) is 0 Å². The second-order valence-electron chi connectivity index (χ2n) is 6.48. The Hall–Kier alpha value is -2.70. The number of nitrogens with two attached hydrogens (primary N) is 1. The van der Waals surface area contributed by atoms with E-state index in [1.165, 1.54) is 0 Å². The summed E-state index contributed by atoms with van der Waals surface area (Å²) in [6.45, 7) is 0.446. The molecule has 1 aliphatic rings. The van der Waals surface area contributed by atoms with E-state index < -0.39 is 5.54 Å². The second kappa shape index (κ2) is 8.33. The summed E-state index contributed by atoms with van der Waals surface area (Å²) in [6, 6.07) is 13.5. The van der Waals surface area contributed by atoms with Gasteiger partial charge in [0.05, 0.1) is 11.2 Å². The molecule has 1 fully saturated rings. The molecule has 0 radical (unpaired) electrons. The molecular formula is C20H21ClN4O2. The van der Waals surface area contributed by atoms with Crippen LogP contribution in [0.3, 0.4) is 0 Å². The Bertz CT molecular complexity index is 890. The number of halogens is 1. The fourth-order valence-electron chi connectivity index (χ4n) is 2.77. The Labute approximate surface area is 163 Å². The first-order chi connectivity index (χ1) is 12.7. The van der Waals surface area contributed by atoms with Crippen molar-refractivity contribution in [3.63, 3.8) is 0 Å². The van der Waals surface area contributed by atoms with E-state index in [-0.39, 0.29) is 12.4 Å². The van der Waals surface area contributed by atoms with Gasteiger partial charge in [0, 0.05) is 12.3 Å². The lowest BCUT2D eigenvalue weighted by molar-refractivity contribution is 0.229. The van der Waals surface area contributed by atoms with Crippen LogP contribution in [0.15, 0.2) is 53.2 Å². The molecule has 3 aromatic rings. The van der Waals surface area contributed by atoms with Gasteiger partial charge in [0.1, 0.15) is 12.4 Å². The number of ether oxygens (including phenoxy) is 1. The van der Waals surface area contributed by atoms with Crippen LogP contribution < -0.4 is 10.5 Å². The fourth-order valence-corrected chi connectivity index (χ4v) is 2.77. The first-order valence-electron chi connectivity index (χ1n) is 8.65. The minimum Gasteiger partial charge on any atom is -0.487 e. The molecule has 0 spiro atoms. The van der Waals surface area contributed by atoms with Crippen molar-refractivity contribution in [2.24, 2.45) is 5.73 Å². The zero-order chi connectivity index (χ0) is 17.8. The van der Waals surface area contributed by atoms with Crippen molar-refractivity contribution in [3.8, 4) is 5.75 Å². The monoisotopic (exact) mass is 384 g/mol. The molecule has 0 saturated heterocycles. The van der Waals surface area contributed by atoms with E-state index in [1.54, 1.807) is 12.3 Å². The zero-order valence-electron chi connectivity index (χ0n) is 14.7. The highest BCUT2D eigenvalue weighted by Crippen LogP contribution is 2.36. The summed E-state index contributed by atoms with van der Waals surface area (Å²) in [4.78, 5) is 8.61. The van der Waals surface area contributed by atoms with Gasteiger partial charge in [-0.15, -0.1) is 12.4 Å². The molecule has 1 aromatic carbocycles. The Kier molecular flexibility index (Phi) is 5.88. The summed E-state index contributed by atoms with van der Waals surface area (Å²) >= 11 is 0. The molecular weight excluding hydrogens is 364 g/mol. The quantitative estimate of drug-likeness (QED) is 0.691. The van der Waals surface area contributed by atoms with E-state index in [0.717, 1.165) is 36.3 Å². The predicted octanol–water partition coefficient (Wildman–Crippen LogP) is 3.97. The van der Waals surface area contributed by atoms with E-state index in [9.17, 15) is 0 Å². The summed E-state index contributed by atoms with van der Waals surface area (Å²) in [5.74, 6) is 1.86. The normalized spacial score (nSPS) is 15.1. The highest BCUT2D eigenvalue weighted by molar-refractivity contribution is 5.85. The lowest BCUT2D eigenvalue weighted by atomic mass is 9.77. The van der Waals surface area contributed by atoms with Gasteiger partial charge in [0.15, 0.2) is 5.82 Å². The third-order valence-corrected chi connectivity index (χ3v) is 4.54. The molecule has 6 nitrogen and oxygen atoms in total. The van der Waals surface area contributed by atoms with Gasteiger partial charge in [-0.25, -0.2) is 0 Å². The minimum absolute atomic E-state index is 0. The molecule has 0 aliphatic heterocycles. The SMILES string of the molecule is Cl.NC1(c2noc(/C=C/c3ccc(OCc4ccccn4)cc3)n2)CCC1. The molecule has 140 valence electrons. The molecule has 0 bridgehead atoms. The number of benzene rings is 1. The van der Waals surface area contributed by atoms with E-state index >= 15 is 0 Å². The number of aromatic nitrogens is 3. The Balaban J connectivity index is 0.00000210. The number of nitrogens with zero attached hydrogens (tertiary/aromatic N) is 3. The van der Waals surface area contributed by atoms with Gasteiger partial charge in [-0.1, -0.05) is 23.4 Å². The van der Waals surface area contributed by atoms with Gasteiger partial charge in [-0.05, 0) is 55.2 Å². The third kappa shape index (κ3) is 4.53. The van der Waals surface area contributed by atoms with Gasteiger partial charge >= 0.3 is 0 Å². The van der Waals surface area contributed by atoms with Crippen molar-refractivity contribution in [1.29, 1.82) is 0 Å². The maximum Gasteiger partial charge on any atom is 0.250 e. The maximum atomic E-state index is 6.20. The molecule has 0 unspecified atom stereocenters. The molecule has 2 N–H and O–H groups in total. The van der Waals surface area contributed by atoms with E-state index in [4.69, 9.17) is 15.0 Å². The zero-order valence-corrected chi connectivity index (χ0v) is 15.6. The van der Waals surface area contributed by atoms with Crippen LogP contribution in [0.1, 0.15) is 42.2 Å². The van der Waals surface area contributed by atoms with Crippen molar-refractivity contribution < 1.29 is 9.26 Å². The van der Waals surface area contributed by atoms with Crippen molar-refractivity contribution in [3.05, 3.63) is 71.6 Å². The van der Waals surface area contributed by atoms with Gasteiger partial charge in [-0.2, -0.15) is 4.98 Å². The Morgan fingerprint density at radius 2 is 1.93 bits per heavy atom. The first kappa shape index (κ1) is 19.1. The highest BCUT2D eigenvalue weighted by atomic mass is 35.5. The van der Waals surface area contributed by atoms with Gasteiger partial charge in [-0.3, -0.25) is 4.98 Å². The molecule has 27 heavy (non-hydrogen) atoms.